The minimum absolute atomic E-state index is 0.887. The first-order valence-electron chi connectivity index (χ1n) is 8.25. The smallest absolute Gasteiger partial charge is 0.00683 e. The summed E-state index contributed by atoms with van der Waals surface area (Å²) in [5.74, 6) is 2.93. The molecule has 1 heterocycles. The van der Waals surface area contributed by atoms with E-state index in [-0.39, 0.29) is 0 Å². The van der Waals surface area contributed by atoms with Gasteiger partial charge in [0.2, 0.25) is 0 Å². The van der Waals surface area contributed by atoms with Crippen LogP contribution in [0.25, 0.3) is 0 Å². The number of nitrogens with one attached hydrogen (secondary N) is 1. The first-order chi connectivity index (χ1) is 8.79. The molecule has 3 atom stereocenters. The van der Waals surface area contributed by atoms with Crippen molar-refractivity contribution in [1.29, 1.82) is 0 Å². The molecule has 0 aromatic heterocycles. The minimum Gasteiger partial charge on any atom is -0.314 e. The lowest BCUT2D eigenvalue weighted by molar-refractivity contribution is 0.199. The second-order valence-corrected chi connectivity index (χ2v) is 7.23. The van der Waals surface area contributed by atoms with Crippen LogP contribution in [-0.2, 0) is 0 Å². The van der Waals surface area contributed by atoms with Crippen molar-refractivity contribution in [3.63, 3.8) is 0 Å². The van der Waals surface area contributed by atoms with Gasteiger partial charge in [0.1, 0.15) is 0 Å². The van der Waals surface area contributed by atoms with Crippen molar-refractivity contribution in [3.05, 3.63) is 0 Å². The molecule has 0 amide bonds. The van der Waals surface area contributed by atoms with E-state index in [0.717, 1.165) is 23.8 Å². The summed E-state index contributed by atoms with van der Waals surface area (Å²) >= 11 is 0. The van der Waals surface area contributed by atoms with Crippen LogP contribution in [-0.4, -0.2) is 37.1 Å². The van der Waals surface area contributed by atoms with Gasteiger partial charge in [0, 0.05) is 19.1 Å². The van der Waals surface area contributed by atoms with Gasteiger partial charge in [-0.2, -0.15) is 0 Å². The van der Waals surface area contributed by atoms with Gasteiger partial charge in [-0.3, -0.25) is 0 Å². The number of hydrogen-bond acceptors (Lipinski definition) is 2. The summed E-state index contributed by atoms with van der Waals surface area (Å²) in [5.41, 5.74) is 0. The van der Waals surface area contributed by atoms with Crippen LogP contribution in [0.2, 0.25) is 0 Å². The average Bonchev–Trinajstić information content (AvgIpc) is 3.08. The summed E-state index contributed by atoms with van der Waals surface area (Å²) in [6, 6.07) is 0.887. The fourth-order valence-corrected chi connectivity index (χ4v) is 3.96. The zero-order valence-corrected chi connectivity index (χ0v) is 12.0. The van der Waals surface area contributed by atoms with Crippen LogP contribution in [0.3, 0.4) is 0 Å². The lowest BCUT2D eigenvalue weighted by Crippen LogP contribution is -2.32. The van der Waals surface area contributed by atoms with Crippen LogP contribution in [0.5, 0.6) is 0 Å². The molecule has 2 nitrogen and oxygen atoms in total. The molecular weight excluding hydrogens is 220 g/mol. The molecule has 1 saturated heterocycles. The van der Waals surface area contributed by atoms with Gasteiger partial charge in [0.25, 0.3) is 0 Å². The Bertz CT molecular complexity index is 262. The zero-order chi connectivity index (χ0) is 12.4. The molecule has 0 spiro atoms. The quantitative estimate of drug-likeness (QED) is 0.807. The maximum atomic E-state index is 3.70. The maximum absolute atomic E-state index is 3.70. The van der Waals surface area contributed by atoms with Gasteiger partial charge in [-0.25, -0.2) is 0 Å². The standard InChI is InChI=1S/C16H30N2/c1-13-3-2-4-14(9-13)11-18-8-7-15(12-18)10-17-16-5-6-16/h13-17H,2-12H2,1H3. The van der Waals surface area contributed by atoms with Crippen LogP contribution >= 0.6 is 0 Å². The first kappa shape index (κ1) is 12.9. The molecule has 2 aliphatic carbocycles. The van der Waals surface area contributed by atoms with Crippen LogP contribution in [0, 0.1) is 17.8 Å². The summed E-state index contributed by atoms with van der Waals surface area (Å²) < 4.78 is 0. The lowest BCUT2D eigenvalue weighted by atomic mass is 9.82. The van der Waals surface area contributed by atoms with Crippen molar-refractivity contribution in [3.8, 4) is 0 Å². The van der Waals surface area contributed by atoms with Crippen molar-refractivity contribution in [2.75, 3.05) is 26.2 Å². The second-order valence-electron chi connectivity index (χ2n) is 7.23. The fraction of sp³-hybridized carbons (Fsp3) is 1.00. The predicted octanol–water partition coefficient (Wildman–Crippen LogP) is 2.89. The van der Waals surface area contributed by atoms with Crippen LogP contribution in [0.1, 0.15) is 51.9 Å². The van der Waals surface area contributed by atoms with E-state index in [0.29, 0.717) is 0 Å². The molecule has 3 unspecified atom stereocenters. The number of rotatable bonds is 5. The Morgan fingerprint density at radius 2 is 1.94 bits per heavy atom. The highest BCUT2D eigenvalue weighted by Crippen LogP contribution is 2.30. The van der Waals surface area contributed by atoms with E-state index in [1.807, 2.05) is 0 Å². The molecular formula is C16H30N2. The summed E-state index contributed by atoms with van der Waals surface area (Å²) in [6.45, 7) is 7.84. The highest BCUT2D eigenvalue weighted by atomic mass is 15.2. The van der Waals surface area contributed by atoms with E-state index in [1.54, 1.807) is 0 Å². The molecule has 104 valence electrons. The molecule has 1 aliphatic heterocycles. The molecule has 0 aromatic carbocycles. The molecule has 0 bridgehead atoms. The van der Waals surface area contributed by atoms with Gasteiger partial charge in [-0.05, 0) is 62.9 Å². The van der Waals surface area contributed by atoms with Gasteiger partial charge < -0.3 is 10.2 Å². The Kier molecular flexibility index (Phi) is 4.25. The van der Waals surface area contributed by atoms with Crippen molar-refractivity contribution >= 4 is 0 Å². The van der Waals surface area contributed by atoms with Crippen LogP contribution in [0.15, 0.2) is 0 Å². The fourth-order valence-electron chi connectivity index (χ4n) is 3.96. The SMILES string of the molecule is CC1CCCC(CN2CCC(CNC3CC3)C2)C1. The predicted molar refractivity (Wildman–Crippen MR) is 76.7 cm³/mol. The van der Waals surface area contributed by atoms with Crippen molar-refractivity contribution in [2.45, 2.75) is 57.9 Å². The Balaban J connectivity index is 1.35. The first-order valence-corrected chi connectivity index (χ1v) is 8.25. The lowest BCUT2D eigenvalue weighted by Gasteiger charge is -2.30. The van der Waals surface area contributed by atoms with E-state index in [4.69, 9.17) is 0 Å². The minimum atomic E-state index is 0.887. The topological polar surface area (TPSA) is 15.3 Å². The molecule has 2 heteroatoms. The third-order valence-corrected chi connectivity index (χ3v) is 5.20. The van der Waals surface area contributed by atoms with E-state index in [9.17, 15) is 0 Å². The highest BCUT2D eigenvalue weighted by molar-refractivity contribution is 4.85. The largest absolute Gasteiger partial charge is 0.314 e. The van der Waals surface area contributed by atoms with Crippen LogP contribution in [0.4, 0.5) is 0 Å². The molecule has 1 N–H and O–H groups in total. The monoisotopic (exact) mass is 250 g/mol. The third-order valence-electron chi connectivity index (χ3n) is 5.20. The van der Waals surface area contributed by atoms with E-state index in [1.165, 1.54) is 71.1 Å². The summed E-state index contributed by atoms with van der Waals surface area (Å²) in [7, 11) is 0. The van der Waals surface area contributed by atoms with Crippen LogP contribution < -0.4 is 5.32 Å². The molecule has 0 radical (unpaired) electrons. The molecule has 2 saturated carbocycles. The Hall–Kier alpha value is -0.0800. The van der Waals surface area contributed by atoms with Crippen molar-refractivity contribution < 1.29 is 0 Å². The van der Waals surface area contributed by atoms with E-state index in [2.05, 4.69) is 17.1 Å². The normalized spacial score (nSPS) is 38.2. The Morgan fingerprint density at radius 3 is 2.72 bits per heavy atom. The molecule has 3 aliphatic rings. The summed E-state index contributed by atoms with van der Waals surface area (Å²) in [6.07, 6.45) is 10.2. The number of hydrogen-bond donors (Lipinski definition) is 1. The molecule has 3 fully saturated rings. The number of nitrogens with zero attached hydrogens (tertiary/aromatic N) is 1. The van der Waals surface area contributed by atoms with Gasteiger partial charge in [-0.15, -0.1) is 0 Å². The Morgan fingerprint density at radius 1 is 1.06 bits per heavy atom. The average molecular weight is 250 g/mol. The Labute approximate surface area is 113 Å². The second kappa shape index (κ2) is 5.92. The van der Waals surface area contributed by atoms with Crippen molar-refractivity contribution in [2.24, 2.45) is 17.8 Å². The van der Waals surface area contributed by atoms with Gasteiger partial charge >= 0.3 is 0 Å². The summed E-state index contributed by atoms with van der Waals surface area (Å²) in [5, 5.41) is 3.70. The summed E-state index contributed by atoms with van der Waals surface area (Å²) in [4.78, 5) is 2.75. The van der Waals surface area contributed by atoms with Gasteiger partial charge in [0.15, 0.2) is 0 Å². The van der Waals surface area contributed by atoms with Gasteiger partial charge in [-0.1, -0.05) is 19.8 Å². The maximum Gasteiger partial charge on any atom is 0.00683 e. The van der Waals surface area contributed by atoms with E-state index < -0.39 is 0 Å². The third kappa shape index (κ3) is 3.71. The molecule has 18 heavy (non-hydrogen) atoms. The molecule has 0 aromatic rings. The molecule has 3 rings (SSSR count). The zero-order valence-electron chi connectivity index (χ0n) is 12.0. The van der Waals surface area contributed by atoms with Crippen molar-refractivity contribution in [1.82, 2.24) is 10.2 Å². The highest BCUT2D eigenvalue weighted by Gasteiger charge is 2.28. The number of likely N-dealkylation sites (tertiary alicyclic amines) is 1. The van der Waals surface area contributed by atoms with E-state index >= 15 is 0 Å². The van der Waals surface area contributed by atoms with Gasteiger partial charge in [0.05, 0.1) is 0 Å².